The molecule has 0 aliphatic carbocycles. The van der Waals surface area contributed by atoms with Gasteiger partial charge < -0.3 is 4.74 Å². The van der Waals surface area contributed by atoms with Crippen LogP contribution in [0.5, 0.6) is 5.75 Å². The van der Waals surface area contributed by atoms with Crippen LogP contribution < -0.4 is 4.74 Å². The average molecular weight is 204 g/mol. The highest BCUT2D eigenvalue weighted by Gasteiger charge is 2.02. The number of ether oxygens (including phenoxy) is 1. The molecule has 0 unspecified atom stereocenters. The monoisotopic (exact) mass is 204 g/mol. The number of benzene rings is 2. The van der Waals surface area contributed by atoms with E-state index in [9.17, 15) is 0 Å². The number of hydrogen-bond acceptors (Lipinski definition) is 2. The molecule has 0 N–H and O–H groups in total. The average Bonchev–Trinajstić information content (AvgIpc) is 2.19. The highest BCUT2D eigenvalue weighted by molar-refractivity contribution is 7.80. The smallest absolute Gasteiger partial charge is 0.126 e. The molecule has 72 valence electrons. The number of aryl methyl sites for hydroxylation is 1. The van der Waals surface area contributed by atoms with Gasteiger partial charge in [0.05, 0.1) is 7.11 Å². The SMILES string of the molecule is COc1cccc2cc(C)c(S)cc12. The molecule has 0 radical (unpaired) electrons. The molecule has 0 fully saturated rings. The maximum atomic E-state index is 5.29. The fourth-order valence-electron chi connectivity index (χ4n) is 1.58. The van der Waals surface area contributed by atoms with Gasteiger partial charge >= 0.3 is 0 Å². The molecule has 2 aromatic rings. The Balaban J connectivity index is 2.81. The minimum atomic E-state index is 0.901. The van der Waals surface area contributed by atoms with Gasteiger partial charge in [-0.05, 0) is 30.0 Å². The lowest BCUT2D eigenvalue weighted by Gasteiger charge is -2.07. The van der Waals surface area contributed by atoms with Crippen molar-refractivity contribution in [2.45, 2.75) is 11.8 Å². The molecule has 0 bridgehead atoms. The normalized spacial score (nSPS) is 10.5. The summed E-state index contributed by atoms with van der Waals surface area (Å²) in [7, 11) is 1.69. The molecule has 0 amide bonds. The first-order valence-electron chi connectivity index (χ1n) is 4.48. The number of methoxy groups -OCH3 is 1. The first kappa shape index (κ1) is 9.41. The lowest BCUT2D eigenvalue weighted by molar-refractivity contribution is 0.420. The highest BCUT2D eigenvalue weighted by atomic mass is 32.1. The van der Waals surface area contributed by atoms with Gasteiger partial charge in [0.2, 0.25) is 0 Å². The Morgan fingerprint density at radius 3 is 2.71 bits per heavy atom. The Morgan fingerprint density at radius 2 is 2.00 bits per heavy atom. The van der Waals surface area contributed by atoms with Crippen molar-refractivity contribution in [1.82, 2.24) is 0 Å². The van der Waals surface area contributed by atoms with Crippen LogP contribution in [-0.4, -0.2) is 7.11 Å². The van der Waals surface area contributed by atoms with Crippen LogP contribution in [-0.2, 0) is 0 Å². The van der Waals surface area contributed by atoms with Gasteiger partial charge in [0.25, 0.3) is 0 Å². The second-order valence-corrected chi connectivity index (χ2v) is 3.80. The molecule has 0 aromatic heterocycles. The van der Waals surface area contributed by atoms with Crippen molar-refractivity contribution in [3.8, 4) is 5.75 Å². The fraction of sp³-hybridized carbons (Fsp3) is 0.167. The van der Waals surface area contributed by atoms with Gasteiger partial charge in [-0.25, -0.2) is 0 Å². The molecule has 0 saturated carbocycles. The Bertz CT molecular complexity index is 477. The molecule has 2 aromatic carbocycles. The molecule has 0 aliphatic rings. The molecular formula is C12H12OS. The third kappa shape index (κ3) is 1.46. The quantitative estimate of drug-likeness (QED) is 0.700. The third-order valence-electron chi connectivity index (χ3n) is 2.38. The van der Waals surface area contributed by atoms with Crippen molar-refractivity contribution in [3.63, 3.8) is 0 Å². The van der Waals surface area contributed by atoms with Crippen LogP contribution in [0.3, 0.4) is 0 Å². The minimum absolute atomic E-state index is 0.901. The maximum Gasteiger partial charge on any atom is 0.126 e. The maximum absolute atomic E-state index is 5.29. The summed E-state index contributed by atoms with van der Waals surface area (Å²) in [5.41, 5.74) is 1.19. The highest BCUT2D eigenvalue weighted by Crippen LogP contribution is 2.29. The molecule has 1 nitrogen and oxygen atoms in total. The largest absolute Gasteiger partial charge is 0.496 e. The number of thiol groups is 1. The van der Waals surface area contributed by atoms with Gasteiger partial charge in [0.1, 0.15) is 5.75 Å². The van der Waals surface area contributed by atoms with E-state index in [4.69, 9.17) is 4.74 Å². The topological polar surface area (TPSA) is 9.23 Å². The van der Waals surface area contributed by atoms with Gasteiger partial charge in [-0.3, -0.25) is 0 Å². The van der Waals surface area contributed by atoms with Gasteiger partial charge in [-0.1, -0.05) is 18.2 Å². The van der Waals surface area contributed by atoms with E-state index in [2.05, 4.69) is 31.7 Å². The summed E-state index contributed by atoms with van der Waals surface area (Å²) < 4.78 is 5.29. The molecular weight excluding hydrogens is 192 g/mol. The Labute approximate surface area is 89.1 Å². The van der Waals surface area contributed by atoms with Crippen LogP contribution in [0.25, 0.3) is 10.8 Å². The molecule has 0 heterocycles. The van der Waals surface area contributed by atoms with Crippen molar-refractivity contribution < 1.29 is 4.74 Å². The van der Waals surface area contributed by atoms with Crippen LogP contribution in [0, 0.1) is 6.92 Å². The summed E-state index contributed by atoms with van der Waals surface area (Å²) in [6, 6.07) is 10.2. The molecule has 0 atom stereocenters. The van der Waals surface area contributed by atoms with Crippen molar-refractivity contribution in [3.05, 3.63) is 35.9 Å². The first-order valence-corrected chi connectivity index (χ1v) is 4.93. The van der Waals surface area contributed by atoms with E-state index in [-0.39, 0.29) is 0 Å². The van der Waals surface area contributed by atoms with E-state index in [0.29, 0.717) is 0 Å². The van der Waals surface area contributed by atoms with E-state index in [1.165, 1.54) is 10.9 Å². The van der Waals surface area contributed by atoms with Crippen LogP contribution in [0.2, 0.25) is 0 Å². The van der Waals surface area contributed by atoms with Gasteiger partial charge in [0.15, 0.2) is 0 Å². The molecule has 2 rings (SSSR count). The van der Waals surface area contributed by atoms with Crippen molar-refractivity contribution in [2.75, 3.05) is 7.11 Å². The summed E-state index contributed by atoms with van der Waals surface area (Å²) in [6.07, 6.45) is 0. The van der Waals surface area contributed by atoms with Gasteiger partial charge in [-0.15, -0.1) is 12.6 Å². The van der Waals surface area contributed by atoms with Crippen LogP contribution in [0.15, 0.2) is 35.2 Å². The first-order chi connectivity index (χ1) is 6.72. The van der Waals surface area contributed by atoms with E-state index in [1.807, 2.05) is 18.2 Å². The summed E-state index contributed by atoms with van der Waals surface area (Å²) in [4.78, 5) is 1.00. The lowest BCUT2D eigenvalue weighted by Crippen LogP contribution is -1.86. The third-order valence-corrected chi connectivity index (χ3v) is 2.86. The van der Waals surface area contributed by atoms with Crippen molar-refractivity contribution in [2.24, 2.45) is 0 Å². The number of rotatable bonds is 1. The standard InChI is InChI=1S/C12H12OS/c1-8-6-9-4-3-5-11(13-2)10(9)7-12(8)14/h3-7,14H,1-2H3. The zero-order chi connectivity index (χ0) is 10.1. The number of fused-ring (bicyclic) bond motifs is 1. The predicted molar refractivity (Wildman–Crippen MR) is 62.5 cm³/mol. The predicted octanol–water partition coefficient (Wildman–Crippen LogP) is 3.45. The molecule has 0 saturated heterocycles. The van der Waals surface area contributed by atoms with Crippen LogP contribution in [0.1, 0.15) is 5.56 Å². The molecule has 0 spiro atoms. The lowest BCUT2D eigenvalue weighted by atomic mass is 10.1. The Hall–Kier alpha value is -1.15. The van der Waals surface area contributed by atoms with Crippen LogP contribution in [0.4, 0.5) is 0 Å². The molecule has 0 aliphatic heterocycles. The van der Waals surface area contributed by atoms with E-state index < -0.39 is 0 Å². The zero-order valence-electron chi connectivity index (χ0n) is 8.24. The second-order valence-electron chi connectivity index (χ2n) is 3.32. The van der Waals surface area contributed by atoms with Crippen molar-refractivity contribution >= 4 is 23.4 Å². The van der Waals surface area contributed by atoms with Gasteiger partial charge in [-0.2, -0.15) is 0 Å². The molecule has 2 heteroatoms. The van der Waals surface area contributed by atoms with E-state index in [1.54, 1.807) is 7.11 Å². The summed E-state index contributed by atoms with van der Waals surface area (Å²) >= 11 is 4.40. The summed E-state index contributed by atoms with van der Waals surface area (Å²) in [6.45, 7) is 2.06. The summed E-state index contributed by atoms with van der Waals surface area (Å²) in [5.74, 6) is 0.901. The summed E-state index contributed by atoms with van der Waals surface area (Å²) in [5, 5.41) is 2.31. The number of hydrogen-bond donors (Lipinski definition) is 1. The Morgan fingerprint density at radius 1 is 1.21 bits per heavy atom. The Kier molecular flexibility index (Phi) is 2.38. The molecule has 14 heavy (non-hydrogen) atoms. The van der Waals surface area contributed by atoms with E-state index >= 15 is 0 Å². The second kappa shape index (κ2) is 3.54. The minimum Gasteiger partial charge on any atom is -0.496 e. The van der Waals surface area contributed by atoms with Crippen LogP contribution >= 0.6 is 12.6 Å². The zero-order valence-corrected chi connectivity index (χ0v) is 9.14. The fourth-order valence-corrected chi connectivity index (χ4v) is 1.77. The van der Waals surface area contributed by atoms with Crippen molar-refractivity contribution in [1.29, 1.82) is 0 Å². The van der Waals surface area contributed by atoms with Gasteiger partial charge in [0, 0.05) is 10.3 Å². The van der Waals surface area contributed by atoms with E-state index in [0.717, 1.165) is 16.0 Å².